The number of H-pyrrole nitrogens is 1. The van der Waals surface area contributed by atoms with Gasteiger partial charge in [-0.2, -0.15) is 26.3 Å². The van der Waals surface area contributed by atoms with Crippen LogP contribution in [0, 0.1) is 0 Å². The van der Waals surface area contributed by atoms with Gasteiger partial charge in [0, 0.05) is 18.9 Å². The lowest BCUT2D eigenvalue weighted by Crippen LogP contribution is -2.21. The third-order valence-corrected chi connectivity index (χ3v) is 3.15. The van der Waals surface area contributed by atoms with Crippen LogP contribution in [-0.4, -0.2) is 16.5 Å². The number of benzene rings is 1. The summed E-state index contributed by atoms with van der Waals surface area (Å²) in [5.74, 6) is -0.818. The van der Waals surface area contributed by atoms with Crippen molar-refractivity contribution >= 4 is 0 Å². The molecule has 0 fully saturated rings. The van der Waals surface area contributed by atoms with Crippen LogP contribution in [0.1, 0.15) is 28.4 Å². The van der Waals surface area contributed by atoms with E-state index in [1.807, 2.05) is 0 Å². The molecule has 9 heteroatoms. The summed E-state index contributed by atoms with van der Waals surface area (Å²) < 4.78 is 77.2. The summed E-state index contributed by atoms with van der Waals surface area (Å²) in [6.45, 7) is -0.234. The zero-order valence-corrected chi connectivity index (χ0v) is 11.0. The van der Waals surface area contributed by atoms with E-state index in [2.05, 4.69) is 9.97 Å². The van der Waals surface area contributed by atoms with Gasteiger partial charge in [0.15, 0.2) is 0 Å². The highest BCUT2D eigenvalue weighted by Gasteiger charge is 2.39. The van der Waals surface area contributed by atoms with E-state index in [0.717, 1.165) is 6.07 Å². The molecular weight excluding hydrogens is 312 g/mol. The summed E-state index contributed by atoms with van der Waals surface area (Å²) in [4.78, 5) is 6.46. The van der Waals surface area contributed by atoms with Gasteiger partial charge in [-0.15, -0.1) is 0 Å². The predicted molar refractivity (Wildman–Crippen MR) is 65.9 cm³/mol. The first-order valence-electron chi connectivity index (χ1n) is 6.12. The third-order valence-electron chi connectivity index (χ3n) is 3.15. The quantitative estimate of drug-likeness (QED) is 0.849. The van der Waals surface area contributed by atoms with Crippen LogP contribution in [0.25, 0.3) is 0 Å². The van der Waals surface area contributed by atoms with Crippen molar-refractivity contribution in [2.24, 2.45) is 5.73 Å². The zero-order valence-electron chi connectivity index (χ0n) is 11.0. The second-order valence-corrected chi connectivity index (χ2v) is 4.56. The maximum absolute atomic E-state index is 13.1. The third kappa shape index (κ3) is 3.24. The van der Waals surface area contributed by atoms with E-state index in [1.54, 1.807) is 0 Å². The van der Waals surface area contributed by atoms with Gasteiger partial charge in [0.05, 0.1) is 17.0 Å². The van der Waals surface area contributed by atoms with Gasteiger partial charge in [0.2, 0.25) is 0 Å². The van der Waals surface area contributed by atoms with Crippen molar-refractivity contribution in [3.63, 3.8) is 0 Å². The first-order chi connectivity index (χ1) is 10.1. The number of halogens is 6. The second kappa shape index (κ2) is 5.64. The number of imidazole rings is 1. The van der Waals surface area contributed by atoms with Gasteiger partial charge in [0.25, 0.3) is 0 Å². The van der Waals surface area contributed by atoms with Crippen molar-refractivity contribution in [1.29, 1.82) is 0 Å². The van der Waals surface area contributed by atoms with Crippen molar-refractivity contribution in [3.05, 3.63) is 53.1 Å². The van der Waals surface area contributed by atoms with E-state index >= 15 is 0 Å². The number of aromatic amines is 1. The smallest absolute Gasteiger partial charge is 0.348 e. The molecule has 1 aromatic carbocycles. The number of aromatic nitrogens is 2. The van der Waals surface area contributed by atoms with E-state index in [9.17, 15) is 26.3 Å². The van der Waals surface area contributed by atoms with Crippen molar-refractivity contribution in [1.82, 2.24) is 9.97 Å². The Balaban J connectivity index is 2.60. The largest absolute Gasteiger partial charge is 0.416 e. The van der Waals surface area contributed by atoms with E-state index < -0.39 is 29.4 Å². The molecule has 1 unspecified atom stereocenters. The normalized spacial score (nSPS) is 14.1. The molecule has 0 aliphatic carbocycles. The molecule has 1 atom stereocenters. The summed E-state index contributed by atoms with van der Waals surface area (Å²) in [5.41, 5.74) is 2.40. The number of nitrogens with two attached hydrogens (primary N) is 1. The Morgan fingerprint density at radius 2 is 1.77 bits per heavy atom. The Morgan fingerprint density at radius 1 is 1.09 bits per heavy atom. The summed E-state index contributed by atoms with van der Waals surface area (Å²) in [6.07, 6.45) is -7.07. The van der Waals surface area contributed by atoms with E-state index in [1.165, 1.54) is 12.4 Å². The van der Waals surface area contributed by atoms with Crippen LogP contribution in [0.15, 0.2) is 30.6 Å². The number of hydrogen-bond donors (Lipinski definition) is 2. The van der Waals surface area contributed by atoms with Crippen LogP contribution in [0.4, 0.5) is 26.3 Å². The first kappa shape index (κ1) is 16.3. The summed E-state index contributed by atoms with van der Waals surface area (Å²) >= 11 is 0. The molecule has 1 heterocycles. The summed E-state index contributed by atoms with van der Waals surface area (Å²) in [5, 5.41) is 0. The molecule has 0 spiro atoms. The highest BCUT2D eigenvalue weighted by Crippen LogP contribution is 2.40. The van der Waals surface area contributed by atoms with E-state index in [-0.39, 0.29) is 24.0 Å². The zero-order chi connectivity index (χ0) is 16.5. The van der Waals surface area contributed by atoms with Crippen LogP contribution < -0.4 is 5.73 Å². The van der Waals surface area contributed by atoms with Gasteiger partial charge in [-0.25, -0.2) is 4.98 Å². The average Bonchev–Trinajstić information content (AvgIpc) is 2.91. The second-order valence-electron chi connectivity index (χ2n) is 4.56. The SMILES string of the molecule is NCC(c1ncc[nH]1)c1ccc(C(F)(F)F)cc1C(F)(F)F. The predicted octanol–water partition coefficient (Wildman–Crippen LogP) is 3.54. The molecule has 3 N–H and O–H groups in total. The number of rotatable bonds is 3. The minimum atomic E-state index is -4.93. The fourth-order valence-corrected chi connectivity index (χ4v) is 2.14. The van der Waals surface area contributed by atoms with Gasteiger partial charge in [-0.05, 0) is 17.7 Å². The monoisotopic (exact) mass is 323 g/mol. The standard InChI is InChI=1S/C13H11F6N3/c14-12(15,16)7-1-2-8(10(5-7)13(17,18)19)9(6-20)11-21-3-4-22-11/h1-5,9H,6,20H2,(H,21,22). The van der Waals surface area contributed by atoms with Gasteiger partial charge < -0.3 is 10.7 Å². The number of nitrogens with one attached hydrogen (secondary N) is 1. The maximum Gasteiger partial charge on any atom is 0.416 e. The molecule has 0 aliphatic rings. The molecule has 2 rings (SSSR count). The van der Waals surface area contributed by atoms with Gasteiger partial charge in [-0.1, -0.05) is 6.07 Å². The van der Waals surface area contributed by atoms with Crippen molar-refractivity contribution < 1.29 is 26.3 Å². The molecule has 0 aliphatic heterocycles. The van der Waals surface area contributed by atoms with E-state index in [4.69, 9.17) is 5.73 Å². The number of nitrogens with zero attached hydrogens (tertiary/aromatic N) is 1. The van der Waals surface area contributed by atoms with Gasteiger partial charge in [-0.3, -0.25) is 0 Å². The van der Waals surface area contributed by atoms with Gasteiger partial charge in [0.1, 0.15) is 5.82 Å². The molecule has 120 valence electrons. The minimum Gasteiger partial charge on any atom is -0.348 e. The lowest BCUT2D eigenvalue weighted by Gasteiger charge is -2.20. The molecule has 0 amide bonds. The van der Waals surface area contributed by atoms with Gasteiger partial charge >= 0.3 is 12.4 Å². The van der Waals surface area contributed by atoms with Crippen LogP contribution in [0.2, 0.25) is 0 Å². The molecule has 0 bridgehead atoms. The number of alkyl halides is 6. The van der Waals surface area contributed by atoms with Crippen LogP contribution in [0.5, 0.6) is 0 Å². The van der Waals surface area contributed by atoms with Crippen molar-refractivity contribution in [3.8, 4) is 0 Å². The highest BCUT2D eigenvalue weighted by molar-refractivity contribution is 5.40. The molecule has 0 saturated carbocycles. The minimum absolute atomic E-state index is 0.0981. The Hall–Kier alpha value is -2.03. The first-order valence-corrected chi connectivity index (χ1v) is 6.12. The maximum atomic E-state index is 13.1. The Labute approximate surface area is 121 Å². The molecule has 22 heavy (non-hydrogen) atoms. The molecule has 0 radical (unpaired) electrons. The summed E-state index contributed by atoms with van der Waals surface area (Å²) in [6, 6.07) is 1.50. The van der Waals surface area contributed by atoms with Crippen LogP contribution >= 0.6 is 0 Å². The lowest BCUT2D eigenvalue weighted by molar-refractivity contribution is -0.143. The van der Waals surface area contributed by atoms with E-state index in [0.29, 0.717) is 6.07 Å². The molecular formula is C13H11F6N3. The van der Waals surface area contributed by atoms with Crippen molar-refractivity contribution in [2.75, 3.05) is 6.54 Å². The fourth-order valence-electron chi connectivity index (χ4n) is 2.14. The topological polar surface area (TPSA) is 54.7 Å². The Morgan fingerprint density at radius 3 is 2.23 bits per heavy atom. The van der Waals surface area contributed by atoms with Crippen molar-refractivity contribution in [2.45, 2.75) is 18.3 Å². The average molecular weight is 323 g/mol. The molecule has 1 aromatic heterocycles. The Bertz CT molecular complexity index is 630. The molecule has 3 nitrogen and oxygen atoms in total. The lowest BCUT2D eigenvalue weighted by atomic mass is 9.91. The highest BCUT2D eigenvalue weighted by atomic mass is 19.4. The summed E-state index contributed by atoms with van der Waals surface area (Å²) in [7, 11) is 0. The number of hydrogen-bond acceptors (Lipinski definition) is 2. The van der Waals surface area contributed by atoms with Crippen LogP contribution in [-0.2, 0) is 12.4 Å². The fraction of sp³-hybridized carbons (Fsp3) is 0.308. The molecule has 2 aromatic rings. The van der Waals surface area contributed by atoms with Crippen LogP contribution in [0.3, 0.4) is 0 Å². The Kier molecular flexibility index (Phi) is 4.19. The molecule has 0 saturated heterocycles.